The van der Waals surface area contributed by atoms with Crippen LogP contribution in [0.3, 0.4) is 0 Å². The van der Waals surface area contributed by atoms with Crippen molar-refractivity contribution in [1.82, 2.24) is 0 Å². The molecule has 0 bridgehead atoms. The summed E-state index contributed by atoms with van der Waals surface area (Å²) in [5.41, 5.74) is 6.54. The van der Waals surface area contributed by atoms with Crippen molar-refractivity contribution in [2.75, 3.05) is 18.6 Å². The van der Waals surface area contributed by atoms with Gasteiger partial charge in [-0.25, -0.2) is 12.8 Å². The second-order valence-corrected chi connectivity index (χ2v) is 7.63. The first-order chi connectivity index (χ1) is 9.41. The number of nitrogens with two attached hydrogens (primary N) is 1. The number of rotatable bonds is 5. The Morgan fingerprint density at radius 2 is 2.25 bits per heavy atom. The van der Waals surface area contributed by atoms with Gasteiger partial charge < -0.3 is 10.5 Å². The maximum absolute atomic E-state index is 14.0. The van der Waals surface area contributed by atoms with E-state index in [1.807, 2.05) is 0 Å². The van der Waals surface area contributed by atoms with Gasteiger partial charge in [-0.3, -0.25) is 0 Å². The largest absolute Gasteiger partial charge is 0.494 e. The Hall–Kier alpha value is -1.14. The van der Waals surface area contributed by atoms with Crippen molar-refractivity contribution in [2.45, 2.75) is 25.3 Å². The summed E-state index contributed by atoms with van der Waals surface area (Å²) >= 11 is 0. The predicted molar refractivity (Wildman–Crippen MR) is 76.0 cm³/mol. The maximum atomic E-state index is 14.0. The standard InChI is InChI=1S/C14H20FNO3S/c1-19-13-4-2-3-11(14(13)15)8-12(16)7-10-5-6-20(17,18)9-10/h2-4,10,12H,5-9,16H2,1H3. The molecule has 0 spiro atoms. The molecule has 1 saturated heterocycles. The first kappa shape index (κ1) is 15.3. The molecule has 1 aliphatic heterocycles. The van der Waals surface area contributed by atoms with Crippen LogP contribution in [0.25, 0.3) is 0 Å². The highest BCUT2D eigenvalue weighted by molar-refractivity contribution is 7.91. The number of hydrogen-bond acceptors (Lipinski definition) is 4. The summed E-state index contributed by atoms with van der Waals surface area (Å²) in [7, 11) is -1.46. The van der Waals surface area contributed by atoms with Crippen LogP contribution in [0.4, 0.5) is 4.39 Å². The number of hydrogen-bond donors (Lipinski definition) is 1. The molecule has 0 aliphatic carbocycles. The van der Waals surface area contributed by atoms with E-state index in [-0.39, 0.29) is 35.0 Å². The Labute approximate surface area is 119 Å². The number of methoxy groups -OCH3 is 1. The fraction of sp³-hybridized carbons (Fsp3) is 0.571. The molecule has 4 nitrogen and oxygen atoms in total. The van der Waals surface area contributed by atoms with Crippen molar-refractivity contribution >= 4 is 9.84 Å². The first-order valence-corrected chi connectivity index (χ1v) is 8.51. The SMILES string of the molecule is COc1cccc(CC(N)CC2CCS(=O)(=O)C2)c1F. The van der Waals surface area contributed by atoms with Crippen molar-refractivity contribution in [2.24, 2.45) is 11.7 Å². The van der Waals surface area contributed by atoms with E-state index >= 15 is 0 Å². The van der Waals surface area contributed by atoms with Crippen LogP contribution in [0.1, 0.15) is 18.4 Å². The zero-order valence-corrected chi connectivity index (χ0v) is 12.3. The molecule has 112 valence electrons. The zero-order valence-electron chi connectivity index (χ0n) is 11.5. The lowest BCUT2D eigenvalue weighted by atomic mass is 9.95. The van der Waals surface area contributed by atoms with E-state index in [9.17, 15) is 12.8 Å². The predicted octanol–water partition coefficient (Wildman–Crippen LogP) is 1.53. The van der Waals surface area contributed by atoms with E-state index in [1.165, 1.54) is 7.11 Å². The average Bonchev–Trinajstić information content (AvgIpc) is 2.71. The minimum absolute atomic E-state index is 0.101. The average molecular weight is 301 g/mol. The van der Waals surface area contributed by atoms with E-state index in [2.05, 4.69) is 0 Å². The third kappa shape index (κ3) is 3.70. The third-order valence-electron chi connectivity index (χ3n) is 3.71. The molecule has 20 heavy (non-hydrogen) atoms. The Balaban J connectivity index is 1.97. The summed E-state index contributed by atoms with van der Waals surface area (Å²) in [6.45, 7) is 0. The molecule has 1 fully saturated rings. The second-order valence-electron chi connectivity index (χ2n) is 5.40. The van der Waals surface area contributed by atoms with Crippen LogP contribution in [0.2, 0.25) is 0 Å². The van der Waals surface area contributed by atoms with Gasteiger partial charge in [0, 0.05) is 6.04 Å². The molecule has 1 aliphatic rings. The summed E-state index contributed by atoms with van der Waals surface area (Å²) in [5, 5.41) is 0. The number of benzene rings is 1. The Kier molecular flexibility index (Phi) is 4.65. The van der Waals surface area contributed by atoms with Crippen LogP contribution < -0.4 is 10.5 Å². The van der Waals surface area contributed by atoms with E-state index < -0.39 is 9.84 Å². The summed E-state index contributed by atoms with van der Waals surface area (Å²) in [5.74, 6) is 0.380. The molecular weight excluding hydrogens is 281 g/mol. The van der Waals surface area contributed by atoms with Gasteiger partial charge in [-0.05, 0) is 36.8 Å². The maximum Gasteiger partial charge on any atom is 0.168 e. The van der Waals surface area contributed by atoms with Gasteiger partial charge in [0.2, 0.25) is 0 Å². The zero-order chi connectivity index (χ0) is 14.8. The van der Waals surface area contributed by atoms with Gasteiger partial charge in [0.05, 0.1) is 18.6 Å². The molecule has 0 aromatic heterocycles. The quantitative estimate of drug-likeness (QED) is 0.895. The second kappa shape index (κ2) is 6.10. The molecule has 1 aromatic rings. The van der Waals surface area contributed by atoms with Gasteiger partial charge in [-0.1, -0.05) is 12.1 Å². The lowest BCUT2D eigenvalue weighted by Crippen LogP contribution is -2.27. The van der Waals surface area contributed by atoms with Crippen LogP contribution in [-0.2, 0) is 16.3 Å². The third-order valence-corrected chi connectivity index (χ3v) is 5.55. The molecule has 0 saturated carbocycles. The number of sulfone groups is 1. The Morgan fingerprint density at radius 1 is 1.50 bits per heavy atom. The highest BCUT2D eigenvalue weighted by atomic mass is 32.2. The van der Waals surface area contributed by atoms with E-state index in [0.717, 1.165) is 0 Å². The first-order valence-electron chi connectivity index (χ1n) is 6.68. The molecule has 2 atom stereocenters. The fourth-order valence-electron chi connectivity index (χ4n) is 2.72. The van der Waals surface area contributed by atoms with Crippen LogP contribution in [0.5, 0.6) is 5.75 Å². The van der Waals surface area contributed by atoms with Crippen molar-refractivity contribution in [3.05, 3.63) is 29.6 Å². The summed E-state index contributed by atoms with van der Waals surface area (Å²) in [4.78, 5) is 0. The molecule has 6 heteroatoms. The van der Waals surface area contributed by atoms with Crippen molar-refractivity contribution < 1.29 is 17.5 Å². The lowest BCUT2D eigenvalue weighted by Gasteiger charge is -2.16. The van der Waals surface area contributed by atoms with Crippen LogP contribution in [-0.4, -0.2) is 33.1 Å². The molecule has 2 unspecified atom stereocenters. The number of ether oxygens (including phenoxy) is 1. The summed E-state index contributed by atoms with van der Waals surface area (Å²) in [6.07, 6.45) is 1.66. The van der Waals surface area contributed by atoms with Gasteiger partial charge in [0.25, 0.3) is 0 Å². The fourth-order valence-corrected chi connectivity index (χ4v) is 4.60. The smallest absolute Gasteiger partial charge is 0.168 e. The van der Waals surface area contributed by atoms with Crippen molar-refractivity contribution in [3.8, 4) is 5.75 Å². The topological polar surface area (TPSA) is 69.4 Å². The van der Waals surface area contributed by atoms with Gasteiger partial charge in [-0.15, -0.1) is 0 Å². The Bertz CT molecular complexity index is 574. The Morgan fingerprint density at radius 3 is 2.85 bits per heavy atom. The number of halogens is 1. The van der Waals surface area contributed by atoms with Gasteiger partial charge in [-0.2, -0.15) is 0 Å². The van der Waals surface area contributed by atoms with Crippen molar-refractivity contribution in [3.63, 3.8) is 0 Å². The molecular formula is C14H20FNO3S. The van der Waals surface area contributed by atoms with Gasteiger partial charge >= 0.3 is 0 Å². The minimum atomic E-state index is -2.88. The van der Waals surface area contributed by atoms with E-state index in [0.29, 0.717) is 24.8 Å². The highest BCUT2D eigenvalue weighted by Gasteiger charge is 2.29. The molecule has 1 heterocycles. The molecule has 1 aromatic carbocycles. The highest BCUT2D eigenvalue weighted by Crippen LogP contribution is 2.25. The lowest BCUT2D eigenvalue weighted by molar-refractivity contribution is 0.382. The van der Waals surface area contributed by atoms with Crippen molar-refractivity contribution in [1.29, 1.82) is 0 Å². The van der Waals surface area contributed by atoms with Gasteiger partial charge in [0.1, 0.15) is 0 Å². The van der Waals surface area contributed by atoms with Crippen LogP contribution in [0, 0.1) is 11.7 Å². The normalized spacial score (nSPS) is 22.6. The summed E-state index contributed by atoms with van der Waals surface area (Å²) < 4.78 is 41.7. The van der Waals surface area contributed by atoms with E-state index in [4.69, 9.17) is 10.5 Å². The molecule has 0 amide bonds. The molecule has 2 rings (SSSR count). The van der Waals surface area contributed by atoms with Gasteiger partial charge in [0.15, 0.2) is 21.4 Å². The monoisotopic (exact) mass is 301 g/mol. The molecule has 2 N–H and O–H groups in total. The molecule has 0 radical (unpaired) electrons. The summed E-state index contributed by atoms with van der Waals surface area (Å²) in [6, 6.07) is 4.73. The minimum Gasteiger partial charge on any atom is -0.494 e. The van der Waals surface area contributed by atoms with Crippen LogP contribution >= 0.6 is 0 Å². The van der Waals surface area contributed by atoms with Crippen LogP contribution in [0.15, 0.2) is 18.2 Å². The van der Waals surface area contributed by atoms with E-state index in [1.54, 1.807) is 18.2 Å².